The molecule has 1 aromatic heterocycles. The van der Waals surface area contributed by atoms with Crippen molar-refractivity contribution in [2.24, 2.45) is 5.92 Å². The van der Waals surface area contributed by atoms with Gasteiger partial charge in [0.1, 0.15) is 12.3 Å². The molecule has 0 aliphatic carbocycles. The number of rotatable bonds is 10. The monoisotopic (exact) mass is 521 g/mol. The number of amides is 2. The van der Waals surface area contributed by atoms with Crippen molar-refractivity contribution in [3.05, 3.63) is 131 Å². The number of hydrogen-bond donors (Lipinski definition) is 2. The molecule has 39 heavy (non-hydrogen) atoms. The van der Waals surface area contributed by atoms with E-state index in [1.165, 1.54) is 0 Å². The Morgan fingerprint density at radius 1 is 0.872 bits per heavy atom. The molecule has 200 valence electrons. The predicted molar refractivity (Wildman–Crippen MR) is 156 cm³/mol. The molecule has 4 aromatic rings. The number of esters is 1. The van der Waals surface area contributed by atoms with Crippen LogP contribution >= 0.6 is 0 Å². The highest BCUT2D eigenvalue weighted by molar-refractivity contribution is 5.97. The van der Waals surface area contributed by atoms with Crippen LogP contribution in [-0.4, -0.2) is 17.0 Å². The van der Waals surface area contributed by atoms with E-state index in [4.69, 9.17) is 4.74 Å². The summed E-state index contributed by atoms with van der Waals surface area (Å²) in [6.07, 6.45) is 3.94. The Kier molecular flexibility index (Phi) is 9.35. The molecule has 0 saturated carbocycles. The number of hydrogen-bond acceptors (Lipinski definition) is 3. The molecule has 6 nitrogen and oxygen atoms in total. The second-order valence-electron chi connectivity index (χ2n) is 9.80. The van der Waals surface area contributed by atoms with Gasteiger partial charge in [-0.1, -0.05) is 111 Å². The number of anilines is 1. The zero-order valence-electron chi connectivity index (χ0n) is 22.6. The van der Waals surface area contributed by atoms with E-state index in [1.807, 2.05) is 110 Å². The van der Waals surface area contributed by atoms with Crippen LogP contribution in [0, 0.1) is 5.92 Å². The van der Waals surface area contributed by atoms with Gasteiger partial charge in [-0.2, -0.15) is 0 Å². The lowest BCUT2D eigenvalue weighted by Crippen LogP contribution is -2.41. The molecule has 0 fully saturated rings. The van der Waals surface area contributed by atoms with Crippen LogP contribution < -0.4 is 10.2 Å². The summed E-state index contributed by atoms with van der Waals surface area (Å²) in [4.78, 5) is 31.7. The quantitative estimate of drug-likeness (QED) is 0.212. The smallest absolute Gasteiger partial charge is 0.355 e. The van der Waals surface area contributed by atoms with Crippen molar-refractivity contribution < 1.29 is 14.3 Å². The number of H-pyrrole nitrogens is 1. The van der Waals surface area contributed by atoms with Crippen molar-refractivity contribution >= 4 is 23.8 Å². The number of carbonyl (C=O) groups is 2. The van der Waals surface area contributed by atoms with E-state index >= 15 is 0 Å². The molecule has 4 rings (SSSR count). The summed E-state index contributed by atoms with van der Waals surface area (Å²) in [6.45, 7) is 6.59. The standard InChI is InChI=1S/C33H35N3O3/c1-24(2)19-20-29-31(21-30(35-29)32(37)39-23-27-15-9-5-10-16-27)36(22-26-13-7-4-8-14-26)33(38)34-25(3)28-17-11-6-12-18-28/h4-21,24-25,35H,22-23H2,1-3H3,(H,34,38)/b20-19-/t25-/m1/s1. The molecule has 1 atom stereocenters. The Morgan fingerprint density at radius 3 is 2.08 bits per heavy atom. The Labute approximate surface area is 230 Å². The van der Waals surface area contributed by atoms with Crippen LogP contribution in [0.3, 0.4) is 0 Å². The number of aromatic nitrogens is 1. The van der Waals surface area contributed by atoms with E-state index < -0.39 is 5.97 Å². The summed E-state index contributed by atoms with van der Waals surface area (Å²) < 4.78 is 5.58. The number of aromatic amines is 1. The van der Waals surface area contributed by atoms with Gasteiger partial charge in [0.15, 0.2) is 0 Å². The summed E-state index contributed by atoms with van der Waals surface area (Å²) >= 11 is 0. The molecule has 2 N–H and O–H groups in total. The van der Waals surface area contributed by atoms with Gasteiger partial charge < -0.3 is 15.0 Å². The van der Waals surface area contributed by atoms with Crippen LogP contribution in [0.4, 0.5) is 10.5 Å². The topological polar surface area (TPSA) is 74.4 Å². The number of ether oxygens (including phenoxy) is 1. The highest BCUT2D eigenvalue weighted by Gasteiger charge is 2.24. The second-order valence-corrected chi connectivity index (χ2v) is 9.80. The summed E-state index contributed by atoms with van der Waals surface area (Å²) in [5.41, 5.74) is 4.41. The van der Waals surface area contributed by atoms with Crippen molar-refractivity contribution in [2.45, 2.75) is 40.0 Å². The average molecular weight is 522 g/mol. The van der Waals surface area contributed by atoms with Crippen molar-refractivity contribution in [1.29, 1.82) is 0 Å². The van der Waals surface area contributed by atoms with Crippen molar-refractivity contribution in [2.75, 3.05) is 4.90 Å². The lowest BCUT2D eigenvalue weighted by atomic mass is 10.1. The largest absolute Gasteiger partial charge is 0.456 e. The average Bonchev–Trinajstić information content (AvgIpc) is 3.39. The molecular weight excluding hydrogens is 486 g/mol. The molecule has 0 aliphatic heterocycles. The maximum absolute atomic E-state index is 13.8. The van der Waals surface area contributed by atoms with E-state index in [1.54, 1.807) is 11.0 Å². The second kappa shape index (κ2) is 13.3. The molecule has 1 heterocycles. The van der Waals surface area contributed by atoms with Crippen LogP contribution in [0.5, 0.6) is 0 Å². The Morgan fingerprint density at radius 2 is 1.46 bits per heavy atom. The maximum Gasteiger partial charge on any atom is 0.355 e. The third-order valence-electron chi connectivity index (χ3n) is 6.27. The van der Waals surface area contributed by atoms with Gasteiger partial charge >= 0.3 is 12.0 Å². The zero-order chi connectivity index (χ0) is 27.6. The first kappa shape index (κ1) is 27.5. The fraction of sp³-hybridized carbons (Fsp3) is 0.212. The van der Waals surface area contributed by atoms with Gasteiger partial charge in [0.25, 0.3) is 0 Å². The van der Waals surface area contributed by atoms with Crippen molar-refractivity contribution in [3.8, 4) is 0 Å². The van der Waals surface area contributed by atoms with Crippen molar-refractivity contribution in [3.63, 3.8) is 0 Å². The fourth-order valence-corrected chi connectivity index (χ4v) is 4.13. The van der Waals surface area contributed by atoms with E-state index in [0.29, 0.717) is 17.9 Å². The van der Waals surface area contributed by atoms with Crippen molar-refractivity contribution in [1.82, 2.24) is 10.3 Å². The molecular formula is C33H35N3O3. The van der Waals surface area contributed by atoms with Crippen LogP contribution in [0.1, 0.15) is 59.7 Å². The van der Waals surface area contributed by atoms with Gasteiger partial charge in [0.2, 0.25) is 0 Å². The molecule has 0 spiro atoms. The molecule has 0 unspecified atom stereocenters. The Balaban J connectivity index is 1.66. The minimum absolute atomic E-state index is 0.161. The molecule has 0 aliphatic rings. The van der Waals surface area contributed by atoms with Gasteiger partial charge in [-0.15, -0.1) is 0 Å². The van der Waals surface area contributed by atoms with Gasteiger partial charge in [-0.25, -0.2) is 9.59 Å². The third-order valence-corrected chi connectivity index (χ3v) is 6.27. The maximum atomic E-state index is 13.8. The molecule has 6 heteroatoms. The molecule has 0 radical (unpaired) electrons. The first-order chi connectivity index (χ1) is 18.9. The summed E-state index contributed by atoms with van der Waals surface area (Å²) in [6, 6.07) is 30.4. The lowest BCUT2D eigenvalue weighted by Gasteiger charge is -2.25. The Hall–Kier alpha value is -4.58. The number of carbonyl (C=O) groups excluding carboxylic acids is 2. The third kappa shape index (κ3) is 7.71. The van der Waals surface area contributed by atoms with Crippen LogP contribution in [0.2, 0.25) is 0 Å². The summed E-state index contributed by atoms with van der Waals surface area (Å²) in [7, 11) is 0. The van der Waals surface area contributed by atoms with Gasteiger partial charge in [0.05, 0.1) is 24.0 Å². The molecule has 0 bridgehead atoms. The van der Waals surface area contributed by atoms with E-state index in [2.05, 4.69) is 24.1 Å². The van der Waals surface area contributed by atoms with Crippen LogP contribution in [0.15, 0.2) is 103 Å². The number of urea groups is 1. The zero-order valence-corrected chi connectivity index (χ0v) is 22.6. The lowest BCUT2D eigenvalue weighted by molar-refractivity contribution is 0.0466. The van der Waals surface area contributed by atoms with Crippen LogP contribution in [-0.2, 0) is 17.9 Å². The molecule has 3 aromatic carbocycles. The summed E-state index contributed by atoms with van der Waals surface area (Å²) in [5, 5.41) is 3.13. The number of nitrogens with one attached hydrogen (secondary N) is 2. The van der Waals surface area contributed by atoms with Gasteiger partial charge in [0, 0.05) is 0 Å². The first-order valence-corrected chi connectivity index (χ1v) is 13.2. The molecule has 0 saturated heterocycles. The highest BCUT2D eigenvalue weighted by atomic mass is 16.5. The van der Waals surface area contributed by atoms with Gasteiger partial charge in [-0.05, 0) is 41.7 Å². The highest BCUT2D eigenvalue weighted by Crippen LogP contribution is 2.27. The minimum Gasteiger partial charge on any atom is -0.456 e. The van der Waals surface area contributed by atoms with Gasteiger partial charge in [-0.3, -0.25) is 4.90 Å². The predicted octanol–water partition coefficient (Wildman–Crippen LogP) is 7.52. The number of allylic oxidation sites excluding steroid dienone is 1. The minimum atomic E-state index is -0.484. The number of benzene rings is 3. The summed E-state index contributed by atoms with van der Waals surface area (Å²) in [5.74, 6) is -0.203. The number of nitrogens with zero attached hydrogens (tertiary/aromatic N) is 1. The molecule has 2 amide bonds. The fourth-order valence-electron chi connectivity index (χ4n) is 4.13. The normalized spacial score (nSPS) is 11.9. The van der Waals surface area contributed by atoms with E-state index in [0.717, 1.165) is 16.7 Å². The Bertz CT molecular complexity index is 1380. The van der Waals surface area contributed by atoms with E-state index in [9.17, 15) is 9.59 Å². The van der Waals surface area contributed by atoms with Crippen LogP contribution in [0.25, 0.3) is 6.08 Å². The SMILES string of the molecule is CC(C)/C=C\c1[nH]c(C(=O)OCc2ccccc2)cc1N(Cc1ccccc1)C(=O)N[C@H](C)c1ccccc1. The van der Waals surface area contributed by atoms with E-state index in [-0.39, 0.29) is 30.3 Å². The first-order valence-electron chi connectivity index (χ1n) is 13.2.